The third-order valence-electron chi connectivity index (χ3n) is 3.47. The predicted molar refractivity (Wildman–Crippen MR) is 77.0 cm³/mol. The van der Waals surface area contributed by atoms with E-state index >= 15 is 0 Å². The lowest BCUT2D eigenvalue weighted by molar-refractivity contribution is -0.117. The minimum atomic E-state index is 0. The van der Waals surface area contributed by atoms with Gasteiger partial charge in [0.2, 0.25) is 5.91 Å². The van der Waals surface area contributed by atoms with E-state index in [1.165, 1.54) is 0 Å². The normalized spacial score (nSPS) is 22.3. The highest BCUT2D eigenvalue weighted by atomic mass is 35.5. The molecule has 1 amide bonds. The fraction of sp³-hybridized carbons (Fsp3) is 0.500. The number of aryl methyl sites for hydroxylation is 1. The zero-order chi connectivity index (χ0) is 12.3. The molecule has 0 radical (unpaired) electrons. The number of amides is 1. The summed E-state index contributed by atoms with van der Waals surface area (Å²) in [5, 5.41) is 2.94. The van der Waals surface area contributed by atoms with Crippen molar-refractivity contribution in [3.63, 3.8) is 0 Å². The van der Waals surface area contributed by atoms with Gasteiger partial charge in [-0.25, -0.2) is 0 Å². The average molecular weight is 269 g/mol. The largest absolute Gasteiger partial charge is 0.327 e. The van der Waals surface area contributed by atoms with E-state index in [0.717, 1.165) is 30.5 Å². The second kappa shape index (κ2) is 6.76. The van der Waals surface area contributed by atoms with Crippen molar-refractivity contribution in [1.29, 1.82) is 0 Å². The lowest BCUT2D eigenvalue weighted by atomic mass is 10.00. The van der Waals surface area contributed by atoms with Crippen molar-refractivity contribution in [1.82, 2.24) is 0 Å². The van der Waals surface area contributed by atoms with Gasteiger partial charge in [0.1, 0.15) is 0 Å². The van der Waals surface area contributed by atoms with E-state index < -0.39 is 0 Å². The van der Waals surface area contributed by atoms with Gasteiger partial charge in [0, 0.05) is 18.2 Å². The summed E-state index contributed by atoms with van der Waals surface area (Å²) in [6, 6.07) is 8.07. The summed E-state index contributed by atoms with van der Waals surface area (Å²) < 4.78 is 0. The molecule has 0 aromatic heterocycles. The lowest BCUT2D eigenvalue weighted by Crippen LogP contribution is -2.28. The number of hydrogen-bond donors (Lipinski definition) is 2. The fourth-order valence-corrected chi connectivity index (χ4v) is 2.49. The topological polar surface area (TPSA) is 55.1 Å². The summed E-state index contributed by atoms with van der Waals surface area (Å²) in [4.78, 5) is 11.9. The van der Waals surface area contributed by atoms with Gasteiger partial charge < -0.3 is 11.1 Å². The second-order valence-electron chi connectivity index (χ2n) is 4.98. The van der Waals surface area contributed by atoms with Crippen LogP contribution in [0.5, 0.6) is 0 Å². The molecule has 1 saturated carbocycles. The summed E-state index contributed by atoms with van der Waals surface area (Å²) in [5.74, 6) is 0.442. The molecule has 18 heavy (non-hydrogen) atoms. The Hall–Kier alpha value is -1.06. The van der Waals surface area contributed by atoms with Crippen molar-refractivity contribution in [2.45, 2.75) is 38.6 Å². The molecule has 2 atom stereocenters. The van der Waals surface area contributed by atoms with Gasteiger partial charge in [0.05, 0.1) is 0 Å². The molecule has 0 saturated heterocycles. The van der Waals surface area contributed by atoms with Crippen molar-refractivity contribution < 1.29 is 4.79 Å². The third kappa shape index (κ3) is 4.00. The molecule has 1 aromatic carbocycles. The molecule has 0 bridgehead atoms. The summed E-state index contributed by atoms with van der Waals surface area (Å²) >= 11 is 0. The van der Waals surface area contributed by atoms with Crippen LogP contribution in [0.2, 0.25) is 0 Å². The molecule has 3 N–H and O–H groups in total. The van der Waals surface area contributed by atoms with E-state index in [2.05, 4.69) is 5.32 Å². The molecule has 2 rings (SSSR count). The van der Waals surface area contributed by atoms with E-state index in [9.17, 15) is 4.79 Å². The summed E-state index contributed by atoms with van der Waals surface area (Å²) in [5.41, 5.74) is 7.99. The number of carbonyl (C=O) groups excluding carboxylic acids is 1. The van der Waals surface area contributed by atoms with Gasteiger partial charge >= 0.3 is 0 Å². The first kappa shape index (κ1) is 15.0. The Bertz CT molecular complexity index is 409. The van der Waals surface area contributed by atoms with Crippen LogP contribution in [0.1, 0.15) is 31.2 Å². The monoisotopic (exact) mass is 268 g/mol. The van der Waals surface area contributed by atoms with E-state index in [0.29, 0.717) is 12.3 Å². The van der Waals surface area contributed by atoms with Crippen LogP contribution >= 0.6 is 12.4 Å². The van der Waals surface area contributed by atoms with Crippen LogP contribution in [0.25, 0.3) is 0 Å². The molecular formula is C14H21ClN2O. The highest BCUT2D eigenvalue weighted by Gasteiger charge is 2.25. The molecule has 1 aromatic rings. The van der Waals surface area contributed by atoms with Gasteiger partial charge in [-0.2, -0.15) is 0 Å². The Labute approximate surface area is 115 Å². The molecule has 1 fully saturated rings. The first-order valence-electron chi connectivity index (χ1n) is 6.27. The molecule has 4 heteroatoms. The van der Waals surface area contributed by atoms with Crippen molar-refractivity contribution in [2.75, 3.05) is 5.32 Å². The van der Waals surface area contributed by atoms with Gasteiger partial charge in [0.15, 0.2) is 0 Å². The Morgan fingerprint density at radius 1 is 1.44 bits per heavy atom. The van der Waals surface area contributed by atoms with Crippen molar-refractivity contribution in [3.05, 3.63) is 29.8 Å². The number of nitrogens with one attached hydrogen (secondary N) is 1. The minimum Gasteiger partial charge on any atom is -0.327 e. The molecule has 1 aliphatic rings. The van der Waals surface area contributed by atoms with Gasteiger partial charge in [-0.1, -0.05) is 18.6 Å². The van der Waals surface area contributed by atoms with Crippen molar-refractivity contribution in [2.24, 2.45) is 11.7 Å². The predicted octanol–water partition coefficient (Wildman–Crippen LogP) is 2.87. The maximum Gasteiger partial charge on any atom is 0.224 e. The molecule has 1 aliphatic carbocycles. The fourth-order valence-electron chi connectivity index (χ4n) is 2.49. The molecule has 0 unspecified atom stereocenters. The molecule has 100 valence electrons. The van der Waals surface area contributed by atoms with E-state index in [1.807, 2.05) is 31.2 Å². The first-order chi connectivity index (χ1) is 8.15. The number of benzene rings is 1. The zero-order valence-electron chi connectivity index (χ0n) is 10.7. The summed E-state index contributed by atoms with van der Waals surface area (Å²) in [6.07, 6.45) is 3.85. The van der Waals surface area contributed by atoms with Crippen LogP contribution < -0.4 is 11.1 Å². The van der Waals surface area contributed by atoms with E-state index in [-0.39, 0.29) is 24.4 Å². The minimum absolute atomic E-state index is 0. The van der Waals surface area contributed by atoms with E-state index in [4.69, 9.17) is 5.73 Å². The number of carbonyl (C=O) groups is 1. The summed E-state index contributed by atoms with van der Waals surface area (Å²) in [6.45, 7) is 2.02. The summed E-state index contributed by atoms with van der Waals surface area (Å²) in [7, 11) is 0. The van der Waals surface area contributed by atoms with Crippen LogP contribution in [0.15, 0.2) is 24.3 Å². The number of halogens is 1. The maximum atomic E-state index is 11.9. The smallest absolute Gasteiger partial charge is 0.224 e. The molecule has 0 heterocycles. The van der Waals surface area contributed by atoms with Crippen LogP contribution in [-0.2, 0) is 4.79 Å². The van der Waals surface area contributed by atoms with Crippen LogP contribution in [0, 0.1) is 12.8 Å². The van der Waals surface area contributed by atoms with Gasteiger partial charge in [-0.05, 0) is 43.4 Å². The molecule has 0 aliphatic heterocycles. The van der Waals surface area contributed by atoms with Crippen LogP contribution in [0.3, 0.4) is 0 Å². The molecule has 3 nitrogen and oxygen atoms in total. The Morgan fingerprint density at radius 3 is 2.83 bits per heavy atom. The number of nitrogens with two attached hydrogens (primary N) is 1. The maximum absolute atomic E-state index is 11.9. The highest BCUT2D eigenvalue weighted by Crippen LogP contribution is 2.27. The number of anilines is 1. The second-order valence-corrected chi connectivity index (χ2v) is 4.98. The number of rotatable bonds is 3. The molecular weight excluding hydrogens is 248 g/mol. The Kier molecular flexibility index (Phi) is 5.63. The van der Waals surface area contributed by atoms with Crippen molar-refractivity contribution in [3.8, 4) is 0 Å². The van der Waals surface area contributed by atoms with Crippen LogP contribution in [-0.4, -0.2) is 11.9 Å². The standard InChI is InChI=1S/C14H20N2O.ClH/c1-10-4-2-6-12(8-10)16-14(17)9-11-5-3-7-13(11)15;/h2,4,6,8,11,13H,3,5,7,9,15H2,1H3,(H,16,17);1H/t11-,13+;/m0./s1. The SMILES string of the molecule is Cc1cccc(NC(=O)C[C@@H]2CCC[C@H]2N)c1.Cl. The first-order valence-corrected chi connectivity index (χ1v) is 6.27. The van der Waals surface area contributed by atoms with Crippen molar-refractivity contribution >= 4 is 24.0 Å². The number of hydrogen-bond acceptors (Lipinski definition) is 2. The lowest BCUT2D eigenvalue weighted by Gasteiger charge is -2.14. The Balaban J connectivity index is 0.00000162. The van der Waals surface area contributed by atoms with Gasteiger partial charge in [0.25, 0.3) is 0 Å². The Morgan fingerprint density at radius 2 is 2.22 bits per heavy atom. The zero-order valence-corrected chi connectivity index (χ0v) is 11.5. The van der Waals surface area contributed by atoms with Gasteiger partial charge in [-0.3, -0.25) is 4.79 Å². The quantitative estimate of drug-likeness (QED) is 0.886. The highest BCUT2D eigenvalue weighted by molar-refractivity contribution is 5.91. The third-order valence-corrected chi connectivity index (χ3v) is 3.47. The van der Waals surface area contributed by atoms with Crippen LogP contribution in [0.4, 0.5) is 5.69 Å². The van der Waals surface area contributed by atoms with E-state index in [1.54, 1.807) is 0 Å². The van der Waals surface area contributed by atoms with Gasteiger partial charge in [-0.15, -0.1) is 12.4 Å². The molecule has 0 spiro atoms. The average Bonchev–Trinajstić information content (AvgIpc) is 2.64.